The van der Waals surface area contributed by atoms with Gasteiger partial charge in [0.2, 0.25) is 0 Å². The molecule has 448 valence electrons. The molecule has 0 aliphatic rings. The highest BCUT2D eigenvalue weighted by atomic mass is 16.6. The van der Waals surface area contributed by atoms with E-state index in [0.29, 0.717) is 82.9 Å². The molecule has 0 radical (unpaired) electrons. The van der Waals surface area contributed by atoms with Gasteiger partial charge in [0.15, 0.2) is 0 Å². The number of ether oxygens (including phenoxy) is 4. The maximum atomic E-state index is 11.9. The molecule has 0 saturated carbocycles. The van der Waals surface area contributed by atoms with Crippen molar-refractivity contribution in [2.45, 2.75) is 55.4 Å². The third kappa shape index (κ3) is 30.8. The van der Waals surface area contributed by atoms with Crippen LogP contribution in [0.5, 0.6) is 0 Å². The minimum atomic E-state index is -2.02. The zero-order valence-corrected chi connectivity index (χ0v) is 42.4. The quantitative estimate of drug-likeness (QED) is 0.0144. The lowest BCUT2D eigenvalue weighted by Crippen LogP contribution is -2.34. The van der Waals surface area contributed by atoms with Crippen molar-refractivity contribution in [2.24, 2.45) is 0 Å². The van der Waals surface area contributed by atoms with Crippen molar-refractivity contribution in [3.63, 3.8) is 0 Å². The summed E-state index contributed by atoms with van der Waals surface area (Å²) in [6.45, 7) is 3.64. The molecule has 0 fully saturated rings. The van der Waals surface area contributed by atoms with E-state index >= 15 is 0 Å². The molecule has 81 heavy (non-hydrogen) atoms. The lowest BCUT2D eigenvalue weighted by molar-refractivity contribution is -0.385. The molecule has 0 aliphatic heterocycles. The zero-order chi connectivity index (χ0) is 58.0. The van der Waals surface area contributed by atoms with Gasteiger partial charge in [-0.2, -0.15) is 0 Å². The van der Waals surface area contributed by atoms with Gasteiger partial charge >= 0.3 is 28.5 Å². The van der Waals surface area contributed by atoms with E-state index in [4.69, 9.17) is 59.1 Å². The van der Waals surface area contributed by atoms with Gasteiger partial charge in [-0.3, -0.25) is 49.5 Å². The Balaban J connectivity index is -0.000000481. The number of non-ortho nitro benzene ring substituents is 1. The van der Waals surface area contributed by atoms with Crippen LogP contribution in [0.3, 0.4) is 0 Å². The predicted octanol–water partition coefficient (Wildman–Crippen LogP) is -1.20. The minimum Gasteiger partial charge on any atom is -0.423 e. The Bertz CT molecular complexity index is 2520. The van der Waals surface area contributed by atoms with Crippen LogP contribution in [-0.2, 0) is 18.9 Å². The Morgan fingerprint density at radius 2 is 0.790 bits per heavy atom. The molecule has 4 aromatic rings. The lowest BCUT2D eigenvalue weighted by atomic mass is 9.78. The highest BCUT2D eigenvalue weighted by Gasteiger charge is 2.26. The summed E-state index contributed by atoms with van der Waals surface area (Å²) in [5.41, 5.74) is -0.868. The van der Waals surface area contributed by atoms with Gasteiger partial charge < -0.3 is 80.4 Å². The third-order valence-electron chi connectivity index (χ3n) is 9.95. The summed E-state index contributed by atoms with van der Waals surface area (Å²) in [4.78, 5) is 77.3. The van der Waals surface area contributed by atoms with Gasteiger partial charge in [-0.1, -0.05) is 47.9 Å². The Labute approximate surface area is 472 Å². The fourth-order valence-corrected chi connectivity index (χ4v) is 6.03. The van der Waals surface area contributed by atoms with E-state index in [1.807, 2.05) is 0 Å². The van der Waals surface area contributed by atoms with Gasteiger partial charge in [-0.05, 0) is 78.5 Å². The summed E-state index contributed by atoms with van der Waals surface area (Å²) in [5, 5.41) is 115. The second-order valence-electron chi connectivity index (χ2n) is 15.7. The van der Waals surface area contributed by atoms with E-state index in [1.165, 1.54) is 44.6 Å². The molecule has 0 spiro atoms. The Morgan fingerprint density at radius 3 is 1.17 bits per heavy atom. The van der Waals surface area contributed by atoms with E-state index in [-0.39, 0.29) is 74.4 Å². The number of hydrogen-bond donors (Lipinski definition) is 12. The van der Waals surface area contributed by atoms with Crippen molar-refractivity contribution in [2.75, 3.05) is 81.0 Å². The van der Waals surface area contributed by atoms with Crippen LogP contribution in [0.4, 0.5) is 17.1 Å². The van der Waals surface area contributed by atoms with Gasteiger partial charge in [0.05, 0.1) is 20.2 Å². The molecule has 0 saturated heterocycles. The SMILES string of the molecule is C.C.C.C.COCCCNC(=O)c1cc(B(O)O)cc([N+](=O)[O-])c1.COCCCNC(=O)c1cc(B(O)O)ccc1[N+](=O)[O-].COCCCNC(=O)c1ccc(B(O)O)cc1.COCCCNC(=O)c1ccc([N+](=O)[O-])c(B(O)O)c1. The minimum absolute atomic E-state index is 0. The number of nitrogens with zero attached hydrogens (tertiary/aromatic N) is 3. The highest BCUT2D eigenvalue weighted by molar-refractivity contribution is 6.60. The molecule has 4 aromatic carbocycles. The first-order valence-corrected chi connectivity index (χ1v) is 23.0. The van der Waals surface area contributed by atoms with Gasteiger partial charge in [-0.15, -0.1) is 0 Å². The number of amides is 4. The average molecular weight is 1150 g/mol. The number of nitro benzene ring substituents is 3. The maximum Gasteiger partial charge on any atom is 0.495 e. The number of carbonyl (C=O) groups excluding carboxylic acids is 4. The number of carbonyl (C=O) groups is 4. The Kier molecular flexibility index (Phi) is 44.1. The molecule has 4 amide bonds. The summed E-state index contributed by atoms with van der Waals surface area (Å²) < 4.78 is 19.3. The van der Waals surface area contributed by atoms with Crippen LogP contribution in [0, 0.1) is 30.3 Å². The Morgan fingerprint density at radius 1 is 0.420 bits per heavy atom. The van der Waals surface area contributed by atoms with Crippen LogP contribution < -0.4 is 43.1 Å². The van der Waals surface area contributed by atoms with E-state index in [0.717, 1.165) is 42.8 Å². The Hall–Kier alpha value is -7.26. The van der Waals surface area contributed by atoms with Crippen LogP contribution in [-0.4, -0.2) is 188 Å². The third-order valence-corrected chi connectivity index (χ3v) is 9.95. The molecule has 0 heterocycles. The number of nitrogens with one attached hydrogen (secondary N) is 4. The molecule has 29 nitrogen and oxygen atoms in total. The summed E-state index contributed by atoms with van der Waals surface area (Å²) in [5.74, 6) is -1.79. The molecule has 0 aromatic heterocycles. The lowest BCUT2D eigenvalue weighted by Gasteiger charge is -2.07. The molecule has 0 atom stereocenters. The van der Waals surface area contributed by atoms with Gasteiger partial charge in [-0.25, -0.2) is 0 Å². The van der Waals surface area contributed by atoms with Gasteiger partial charge in [0.1, 0.15) is 5.56 Å². The molecule has 12 N–H and O–H groups in total. The van der Waals surface area contributed by atoms with E-state index in [9.17, 15) is 49.5 Å². The topological polar surface area (TPSA) is 445 Å². The maximum absolute atomic E-state index is 11.9. The second-order valence-corrected chi connectivity index (χ2v) is 15.7. The number of benzene rings is 4. The number of hydrogen-bond acceptors (Lipinski definition) is 22. The summed E-state index contributed by atoms with van der Waals surface area (Å²) >= 11 is 0. The highest BCUT2D eigenvalue weighted by Crippen LogP contribution is 2.17. The molecule has 0 unspecified atom stereocenters. The monoisotopic (exact) mass is 1150 g/mol. The fraction of sp³-hybridized carbons (Fsp3) is 0.417. The number of methoxy groups -OCH3 is 4. The largest absolute Gasteiger partial charge is 0.495 e. The van der Waals surface area contributed by atoms with E-state index in [2.05, 4.69) is 21.3 Å². The molecule has 0 aliphatic carbocycles. The fourth-order valence-electron chi connectivity index (χ4n) is 6.03. The van der Waals surface area contributed by atoms with Crippen LogP contribution in [0.25, 0.3) is 0 Å². The van der Waals surface area contributed by atoms with E-state index in [1.54, 1.807) is 26.4 Å². The molecular formula is C48H77B4N7O22. The van der Waals surface area contributed by atoms with Gasteiger partial charge in [0, 0.05) is 122 Å². The molecule has 4 rings (SSSR count). The molecule has 0 bridgehead atoms. The van der Waals surface area contributed by atoms with Crippen molar-refractivity contribution >= 4 is 91.0 Å². The van der Waals surface area contributed by atoms with E-state index < -0.39 is 72.3 Å². The van der Waals surface area contributed by atoms with Crippen LogP contribution in [0.1, 0.15) is 96.8 Å². The standard InChI is InChI=1S/3C11H15BN2O6.C11H16BNO4.4CH4/c1-20-6-2-5-13-11(15)9-7-8(12(16)17)3-4-10(9)14(18)19;1-20-6-2-5-13-11(15)8-3-4-10(14(18)19)9(7-8)12(16)17;1-20-4-2-3-13-11(15)8-5-9(12(16)17)7-10(6-8)14(18)19;1-17-8-2-7-13-11(14)9-3-5-10(6-4-9)12(15)16;;;;/h2*3-4,7,16-17H,2,5-6H2,1H3,(H,13,15);5-7,16-17H,2-4H2,1H3,(H,13,15);3-6,15-16H,2,7-8H2,1H3,(H,13,14);4*1H4. The van der Waals surface area contributed by atoms with Crippen LogP contribution in [0.15, 0.2) is 78.9 Å². The molecule has 33 heteroatoms. The first-order chi connectivity index (χ1) is 36.5. The average Bonchev–Trinajstić information content (AvgIpc) is 3.41. The molecular weight excluding hydrogens is 1070 g/mol. The van der Waals surface area contributed by atoms with Crippen LogP contribution in [0.2, 0.25) is 0 Å². The first kappa shape index (κ1) is 80.2. The van der Waals surface area contributed by atoms with Crippen molar-refractivity contribution in [1.29, 1.82) is 0 Å². The number of rotatable bonds is 27. The van der Waals surface area contributed by atoms with Crippen molar-refractivity contribution in [1.82, 2.24) is 21.3 Å². The van der Waals surface area contributed by atoms with Crippen molar-refractivity contribution in [3.8, 4) is 0 Å². The normalized spacial score (nSPS) is 9.63. The summed E-state index contributed by atoms with van der Waals surface area (Å²) in [6.07, 6.45) is 2.56. The smallest absolute Gasteiger partial charge is 0.423 e. The summed E-state index contributed by atoms with van der Waals surface area (Å²) in [6, 6.07) is 16.2. The van der Waals surface area contributed by atoms with Crippen LogP contribution >= 0.6 is 0 Å². The summed E-state index contributed by atoms with van der Waals surface area (Å²) in [7, 11) is -0.972. The number of nitro groups is 3. The predicted molar refractivity (Wildman–Crippen MR) is 307 cm³/mol. The second kappa shape index (κ2) is 44.5. The van der Waals surface area contributed by atoms with Crippen molar-refractivity contribution in [3.05, 3.63) is 131 Å². The zero-order valence-electron chi connectivity index (χ0n) is 42.4. The van der Waals surface area contributed by atoms with Gasteiger partial charge in [0.25, 0.3) is 40.7 Å². The van der Waals surface area contributed by atoms with Crippen molar-refractivity contribution < 1.29 is 93.1 Å². The first-order valence-electron chi connectivity index (χ1n) is 23.0.